The molecule has 100 valence electrons. The van der Waals surface area contributed by atoms with Gasteiger partial charge in [-0.1, -0.05) is 18.2 Å². The molecule has 0 aliphatic carbocycles. The second-order valence-corrected chi connectivity index (χ2v) is 4.98. The molecule has 1 heterocycles. The highest BCUT2D eigenvalue weighted by Gasteiger charge is 1.99. The third kappa shape index (κ3) is 2.57. The van der Waals surface area contributed by atoms with Crippen molar-refractivity contribution in [1.29, 1.82) is 0 Å². The van der Waals surface area contributed by atoms with Gasteiger partial charge in [0.2, 0.25) is 0 Å². The Bertz CT molecular complexity index is 718. The first kappa shape index (κ1) is 12.5. The predicted molar refractivity (Wildman–Crippen MR) is 85.8 cm³/mol. The standard InChI is InChI=1S/C17H17N3/c1-20(2)16-9-7-14(8-10-16)19-15-11-13-5-3-4-6-17(13)18-12-15/h3-12,19H,1-2H3. The van der Waals surface area contributed by atoms with Gasteiger partial charge in [-0.05, 0) is 36.4 Å². The van der Waals surface area contributed by atoms with E-state index in [2.05, 4.69) is 51.6 Å². The zero-order valence-electron chi connectivity index (χ0n) is 11.7. The Kier molecular flexibility index (Phi) is 3.25. The molecule has 3 aromatic rings. The van der Waals surface area contributed by atoms with Crippen LogP contribution in [0.2, 0.25) is 0 Å². The van der Waals surface area contributed by atoms with Crippen molar-refractivity contribution in [2.24, 2.45) is 0 Å². The molecular formula is C17H17N3. The summed E-state index contributed by atoms with van der Waals surface area (Å²) < 4.78 is 0. The van der Waals surface area contributed by atoms with Crippen LogP contribution in [-0.2, 0) is 0 Å². The molecule has 0 saturated heterocycles. The number of benzene rings is 2. The summed E-state index contributed by atoms with van der Waals surface area (Å²) in [6.07, 6.45) is 1.86. The molecule has 1 aromatic heterocycles. The van der Waals surface area contributed by atoms with Crippen LogP contribution in [0.25, 0.3) is 10.9 Å². The molecule has 0 fully saturated rings. The van der Waals surface area contributed by atoms with Crippen molar-refractivity contribution in [3.8, 4) is 0 Å². The first-order valence-electron chi connectivity index (χ1n) is 6.61. The fourth-order valence-corrected chi connectivity index (χ4v) is 2.15. The average Bonchev–Trinajstić information content (AvgIpc) is 2.48. The summed E-state index contributed by atoms with van der Waals surface area (Å²) in [4.78, 5) is 6.54. The van der Waals surface area contributed by atoms with E-state index in [1.165, 1.54) is 5.69 Å². The quantitative estimate of drug-likeness (QED) is 0.773. The summed E-state index contributed by atoms with van der Waals surface area (Å²) in [5, 5.41) is 4.52. The highest BCUT2D eigenvalue weighted by Crippen LogP contribution is 2.22. The van der Waals surface area contributed by atoms with E-state index in [0.29, 0.717) is 0 Å². The fraction of sp³-hybridized carbons (Fsp3) is 0.118. The lowest BCUT2D eigenvalue weighted by Gasteiger charge is -2.13. The second-order valence-electron chi connectivity index (χ2n) is 4.98. The zero-order valence-corrected chi connectivity index (χ0v) is 11.7. The second kappa shape index (κ2) is 5.21. The molecule has 0 saturated carbocycles. The number of aromatic nitrogens is 1. The van der Waals surface area contributed by atoms with Crippen LogP contribution in [0, 0.1) is 0 Å². The molecule has 20 heavy (non-hydrogen) atoms. The molecule has 0 unspecified atom stereocenters. The summed E-state index contributed by atoms with van der Waals surface area (Å²) in [7, 11) is 4.07. The maximum absolute atomic E-state index is 4.45. The highest BCUT2D eigenvalue weighted by atomic mass is 15.1. The fourth-order valence-electron chi connectivity index (χ4n) is 2.15. The number of hydrogen-bond acceptors (Lipinski definition) is 3. The molecule has 0 radical (unpaired) electrons. The van der Waals surface area contributed by atoms with Gasteiger partial charge in [0.25, 0.3) is 0 Å². The van der Waals surface area contributed by atoms with Crippen LogP contribution in [0.1, 0.15) is 0 Å². The van der Waals surface area contributed by atoms with Crippen molar-refractivity contribution in [1.82, 2.24) is 4.98 Å². The molecule has 0 amide bonds. The monoisotopic (exact) mass is 263 g/mol. The molecule has 0 spiro atoms. The topological polar surface area (TPSA) is 28.2 Å². The van der Waals surface area contributed by atoms with E-state index in [-0.39, 0.29) is 0 Å². The summed E-state index contributed by atoms with van der Waals surface area (Å²) in [6, 6.07) is 18.6. The Balaban J connectivity index is 1.85. The smallest absolute Gasteiger partial charge is 0.0703 e. The summed E-state index contributed by atoms with van der Waals surface area (Å²) in [6.45, 7) is 0. The largest absolute Gasteiger partial charge is 0.378 e. The van der Waals surface area contributed by atoms with Gasteiger partial charge >= 0.3 is 0 Å². The summed E-state index contributed by atoms with van der Waals surface area (Å²) in [5.41, 5.74) is 4.27. The number of nitrogens with one attached hydrogen (secondary N) is 1. The number of nitrogens with zero attached hydrogens (tertiary/aromatic N) is 2. The molecule has 0 aliphatic rings. The lowest BCUT2D eigenvalue weighted by Crippen LogP contribution is -2.08. The maximum atomic E-state index is 4.45. The normalized spacial score (nSPS) is 10.5. The van der Waals surface area contributed by atoms with Crippen LogP contribution >= 0.6 is 0 Å². The van der Waals surface area contributed by atoms with Gasteiger partial charge in [0.15, 0.2) is 0 Å². The van der Waals surface area contributed by atoms with Crippen LogP contribution in [0.5, 0.6) is 0 Å². The highest BCUT2D eigenvalue weighted by molar-refractivity contribution is 5.82. The Morgan fingerprint density at radius 3 is 2.40 bits per heavy atom. The number of para-hydroxylation sites is 1. The van der Waals surface area contributed by atoms with Gasteiger partial charge in [-0.25, -0.2) is 0 Å². The van der Waals surface area contributed by atoms with Crippen LogP contribution in [0.4, 0.5) is 17.1 Å². The third-order valence-electron chi connectivity index (χ3n) is 3.26. The maximum Gasteiger partial charge on any atom is 0.0703 e. The minimum Gasteiger partial charge on any atom is -0.378 e. The summed E-state index contributed by atoms with van der Waals surface area (Å²) >= 11 is 0. The number of anilines is 3. The van der Waals surface area contributed by atoms with Crippen molar-refractivity contribution in [3.63, 3.8) is 0 Å². The van der Waals surface area contributed by atoms with Gasteiger partial charge in [0.1, 0.15) is 0 Å². The van der Waals surface area contributed by atoms with Gasteiger partial charge < -0.3 is 10.2 Å². The Labute approximate surface area is 118 Å². The lowest BCUT2D eigenvalue weighted by molar-refractivity contribution is 1.13. The van der Waals surface area contributed by atoms with Crippen molar-refractivity contribution >= 4 is 28.0 Å². The van der Waals surface area contributed by atoms with Crippen molar-refractivity contribution < 1.29 is 0 Å². The molecule has 1 N–H and O–H groups in total. The number of pyridine rings is 1. The van der Waals surface area contributed by atoms with Crippen LogP contribution < -0.4 is 10.2 Å². The number of fused-ring (bicyclic) bond motifs is 1. The van der Waals surface area contributed by atoms with Crippen molar-refractivity contribution in [2.75, 3.05) is 24.3 Å². The molecular weight excluding hydrogens is 246 g/mol. The molecule has 3 nitrogen and oxygen atoms in total. The van der Waals surface area contributed by atoms with Crippen LogP contribution in [-0.4, -0.2) is 19.1 Å². The van der Waals surface area contributed by atoms with E-state index >= 15 is 0 Å². The van der Waals surface area contributed by atoms with E-state index in [4.69, 9.17) is 0 Å². The zero-order chi connectivity index (χ0) is 13.9. The minimum absolute atomic E-state index is 1.00. The Morgan fingerprint density at radius 1 is 0.900 bits per heavy atom. The number of rotatable bonds is 3. The molecule has 0 bridgehead atoms. The van der Waals surface area contributed by atoms with Crippen molar-refractivity contribution in [3.05, 3.63) is 60.8 Å². The van der Waals surface area contributed by atoms with Gasteiger partial charge in [-0.2, -0.15) is 0 Å². The van der Waals surface area contributed by atoms with Crippen molar-refractivity contribution in [2.45, 2.75) is 0 Å². The van der Waals surface area contributed by atoms with E-state index in [1.807, 2.05) is 38.5 Å². The lowest BCUT2D eigenvalue weighted by atomic mass is 10.2. The molecule has 3 heteroatoms. The Morgan fingerprint density at radius 2 is 1.65 bits per heavy atom. The first-order valence-corrected chi connectivity index (χ1v) is 6.61. The predicted octanol–water partition coefficient (Wildman–Crippen LogP) is 4.04. The van der Waals surface area contributed by atoms with E-state index < -0.39 is 0 Å². The van der Waals surface area contributed by atoms with Gasteiger partial charge in [-0.15, -0.1) is 0 Å². The third-order valence-corrected chi connectivity index (χ3v) is 3.26. The molecule has 2 aromatic carbocycles. The van der Waals surface area contributed by atoms with Gasteiger partial charge in [0.05, 0.1) is 17.4 Å². The average molecular weight is 263 g/mol. The first-order chi connectivity index (χ1) is 9.72. The molecule has 0 atom stereocenters. The van der Waals surface area contributed by atoms with E-state index in [1.54, 1.807) is 0 Å². The SMILES string of the molecule is CN(C)c1ccc(Nc2cnc3ccccc3c2)cc1. The number of hydrogen-bond donors (Lipinski definition) is 1. The molecule has 0 aliphatic heterocycles. The Hall–Kier alpha value is -2.55. The van der Waals surface area contributed by atoms with Crippen LogP contribution in [0.3, 0.4) is 0 Å². The minimum atomic E-state index is 1.00. The van der Waals surface area contributed by atoms with E-state index in [9.17, 15) is 0 Å². The molecule has 3 rings (SSSR count). The van der Waals surface area contributed by atoms with Crippen LogP contribution in [0.15, 0.2) is 60.8 Å². The van der Waals surface area contributed by atoms with E-state index in [0.717, 1.165) is 22.3 Å². The summed E-state index contributed by atoms with van der Waals surface area (Å²) in [5.74, 6) is 0. The van der Waals surface area contributed by atoms with Gasteiger partial charge in [-0.3, -0.25) is 4.98 Å². The van der Waals surface area contributed by atoms with Gasteiger partial charge in [0, 0.05) is 30.9 Å².